The number of hydrogen-bond donors (Lipinski definition) is 3. The van der Waals surface area contributed by atoms with Crippen LogP contribution >= 0.6 is 0 Å². The van der Waals surface area contributed by atoms with Gasteiger partial charge in [-0.1, -0.05) is 0 Å². The van der Waals surface area contributed by atoms with Crippen LogP contribution in [-0.4, -0.2) is 49.8 Å². The highest BCUT2D eigenvalue weighted by atomic mass is 16.6. The molecule has 1 fully saturated rings. The minimum Gasteiger partial charge on any atom is -0.394 e. The molecule has 4 atom stereocenters. The first-order chi connectivity index (χ1) is 7.63. The van der Waals surface area contributed by atoms with Gasteiger partial charge in [0.15, 0.2) is 6.23 Å². The molecule has 3 N–H and O–H groups in total. The van der Waals surface area contributed by atoms with Crippen molar-refractivity contribution in [3.8, 4) is 0 Å². The Balaban J connectivity index is 2.22. The maximum atomic E-state index is 10.8. The standard InChI is InChI=1S/C9H12N2O5/c12-3-5-7(14)8(15)9(16-5)11-2-1-6(13)10-4-11/h1-2,4-5,7-9,12,14-15H,3H2/t5-,7?,8+,9-/m1/s1. The lowest BCUT2D eigenvalue weighted by Gasteiger charge is -2.17. The molecule has 0 bridgehead atoms. The van der Waals surface area contributed by atoms with Crippen LogP contribution in [0, 0.1) is 0 Å². The summed E-state index contributed by atoms with van der Waals surface area (Å²) in [6.45, 7) is -0.387. The van der Waals surface area contributed by atoms with E-state index < -0.39 is 30.1 Å². The fraction of sp³-hybridized carbons (Fsp3) is 0.556. The van der Waals surface area contributed by atoms with Crippen LogP contribution in [0.4, 0.5) is 0 Å². The van der Waals surface area contributed by atoms with Crippen LogP contribution in [0.3, 0.4) is 0 Å². The van der Waals surface area contributed by atoms with Gasteiger partial charge in [0.1, 0.15) is 24.6 Å². The minimum atomic E-state index is -1.17. The number of aliphatic hydroxyl groups is 3. The Morgan fingerprint density at radius 3 is 2.69 bits per heavy atom. The SMILES string of the molecule is O=c1ccn([C@@H]2O[C@H](CO)C(O)[C@@H]2O)cn1. The van der Waals surface area contributed by atoms with E-state index in [4.69, 9.17) is 9.84 Å². The topological polar surface area (TPSA) is 105 Å². The first-order valence-corrected chi connectivity index (χ1v) is 4.79. The summed E-state index contributed by atoms with van der Waals surface area (Å²) in [6, 6.07) is 1.22. The third-order valence-electron chi connectivity index (χ3n) is 2.52. The Bertz CT molecular complexity index is 400. The van der Waals surface area contributed by atoms with Crippen LogP contribution in [0.2, 0.25) is 0 Å². The van der Waals surface area contributed by atoms with Gasteiger partial charge in [0.05, 0.1) is 6.61 Å². The van der Waals surface area contributed by atoms with Crippen LogP contribution in [0.1, 0.15) is 6.23 Å². The van der Waals surface area contributed by atoms with Crippen molar-refractivity contribution in [1.82, 2.24) is 9.55 Å². The average Bonchev–Trinajstić information content (AvgIpc) is 2.57. The lowest BCUT2D eigenvalue weighted by atomic mass is 10.1. The van der Waals surface area contributed by atoms with Crippen LogP contribution in [0.5, 0.6) is 0 Å². The van der Waals surface area contributed by atoms with Crippen LogP contribution in [0.25, 0.3) is 0 Å². The van der Waals surface area contributed by atoms with Gasteiger partial charge in [0.25, 0.3) is 5.56 Å². The van der Waals surface area contributed by atoms with Crippen LogP contribution in [-0.2, 0) is 4.74 Å². The predicted octanol–water partition coefficient (Wildman–Crippen LogP) is -2.15. The van der Waals surface area contributed by atoms with E-state index in [2.05, 4.69) is 4.98 Å². The molecule has 0 radical (unpaired) electrons. The molecular weight excluding hydrogens is 216 g/mol. The summed E-state index contributed by atoms with van der Waals surface area (Å²) in [5, 5.41) is 28.1. The van der Waals surface area contributed by atoms with E-state index in [0.29, 0.717) is 0 Å². The van der Waals surface area contributed by atoms with E-state index in [1.165, 1.54) is 23.2 Å². The minimum absolute atomic E-state index is 0.387. The molecule has 2 heterocycles. The van der Waals surface area contributed by atoms with Crippen molar-refractivity contribution in [3.63, 3.8) is 0 Å². The quantitative estimate of drug-likeness (QED) is 0.533. The first-order valence-electron chi connectivity index (χ1n) is 4.79. The second kappa shape index (κ2) is 4.30. The zero-order valence-corrected chi connectivity index (χ0v) is 8.30. The van der Waals surface area contributed by atoms with Gasteiger partial charge < -0.3 is 24.6 Å². The van der Waals surface area contributed by atoms with Crippen molar-refractivity contribution < 1.29 is 20.1 Å². The lowest BCUT2D eigenvalue weighted by Crippen LogP contribution is -2.33. The number of aromatic nitrogens is 2. The molecule has 1 unspecified atom stereocenters. The van der Waals surface area contributed by atoms with E-state index >= 15 is 0 Å². The molecular formula is C9H12N2O5. The second-order valence-corrected chi connectivity index (χ2v) is 3.57. The highest BCUT2D eigenvalue weighted by molar-refractivity contribution is 4.92. The van der Waals surface area contributed by atoms with Crippen molar-refractivity contribution in [2.24, 2.45) is 0 Å². The molecule has 0 aromatic carbocycles. The lowest BCUT2D eigenvalue weighted by molar-refractivity contribution is -0.0534. The molecule has 0 saturated carbocycles. The fourth-order valence-corrected chi connectivity index (χ4v) is 1.63. The number of aliphatic hydroxyl groups excluding tert-OH is 3. The summed E-state index contributed by atoms with van der Waals surface area (Å²) in [5.74, 6) is 0. The first kappa shape index (κ1) is 11.2. The summed E-state index contributed by atoms with van der Waals surface area (Å²) >= 11 is 0. The molecule has 1 aliphatic heterocycles. The van der Waals surface area contributed by atoms with Gasteiger partial charge in [-0.15, -0.1) is 0 Å². The molecule has 0 spiro atoms. The third kappa shape index (κ3) is 1.85. The van der Waals surface area contributed by atoms with Crippen molar-refractivity contribution in [1.29, 1.82) is 0 Å². The molecule has 1 aliphatic rings. The van der Waals surface area contributed by atoms with Gasteiger partial charge in [-0.2, -0.15) is 4.98 Å². The van der Waals surface area contributed by atoms with E-state index in [0.717, 1.165) is 0 Å². The summed E-state index contributed by atoms with van der Waals surface area (Å²) in [5.41, 5.74) is -0.400. The molecule has 1 saturated heterocycles. The summed E-state index contributed by atoms with van der Waals surface area (Å²) < 4.78 is 6.60. The van der Waals surface area contributed by atoms with Crippen molar-refractivity contribution in [2.75, 3.05) is 6.61 Å². The van der Waals surface area contributed by atoms with E-state index in [9.17, 15) is 15.0 Å². The molecule has 7 nitrogen and oxygen atoms in total. The van der Waals surface area contributed by atoms with E-state index in [1.54, 1.807) is 0 Å². The zero-order valence-electron chi connectivity index (χ0n) is 8.30. The molecule has 0 aliphatic carbocycles. The molecule has 16 heavy (non-hydrogen) atoms. The van der Waals surface area contributed by atoms with E-state index in [-0.39, 0.29) is 6.61 Å². The van der Waals surface area contributed by atoms with Crippen LogP contribution < -0.4 is 5.56 Å². The van der Waals surface area contributed by atoms with Gasteiger partial charge in [0, 0.05) is 12.3 Å². The van der Waals surface area contributed by atoms with Crippen molar-refractivity contribution in [3.05, 3.63) is 28.9 Å². The fourth-order valence-electron chi connectivity index (χ4n) is 1.63. The van der Waals surface area contributed by atoms with Gasteiger partial charge >= 0.3 is 0 Å². The Hall–Kier alpha value is -1.28. The number of ether oxygens (including phenoxy) is 1. The molecule has 1 aromatic heterocycles. The Morgan fingerprint density at radius 1 is 1.44 bits per heavy atom. The maximum Gasteiger partial charge on any atom is 0.272 e. The second-order valence-electron chi connectivity index (χ2n) is 3.57. The van der Waals surface area contributed by atoms with Gasteiger partial charge in [-0.25, -0.2) is 0 Å². The van der Waals surface area contributed by atoms with Gasteiger partial charge in [0.2, 0.25) is 0 Å². The number of hydrogen-bond acceptors (Lipinski definition) is 6. The highest BCUT2D eigenvalue weighted by Gasteiger charge is 2.42. The molecule has 0 amide bonds. The third-order valence-corrected chi connectivity index (χ3v) is 2.52. The molecule has 88 valence electrons. The van der Waals surface area contributed by atoms with E-state index in [1.807, 2.05) is 0 Å². The van der Waals surface area contributed by atoms with Gasteiger partial charge in [-0.05, 0) is 0 Å². The Morgan fingerprint density at radius 2 is 2.19 bits per heavy atom. The molecule has 1 aromatic rings. The smallest absolute Gasteiger partial charge is 0.272 e. The predicted molar refractivity (Wildman–Crippen MR) is 51.5 cm³/mol. The van der Waals surface area contributed by atoms with Gasteiger partial charge in [-0.3, -0.25) is 4.79 Å². The van der Waals surface area contributed by atoms with Crippen molar-refractivity contribution >= 4 is 0 Å². The highest BCUT2D eigenvalue weighted by Crippen LogP contribution is 2.28. The zero-order chi connectivity index (χ0) is 11.7. The maximum absolute atomic E-state index is 10.8. The monoisotopic (exact) mass is 228 g/mol. The van der Waals surface area contributed by atoms with Crippen LogP contribution in [0.15, 0.2) is 23.4 Å². The summed E-state index contributed by atoms with van der Waals surface area (Å²) in [4.78, 5) is 14.3. The Labute approximate surface area is 90.6 Å². The molecule has 7 heteroatoms. The number of rotatable bonds is 2. The number of nitrogens with zero attached hydrogens (tertiary/aromatic N) is 2. The largest absolute Gasteiger partial charge is 0.394 e. The van der Waals surface area contributed by atoms with Crippen molar-refractivity contribution in [2.45, 2.75) is 24.5 Å². The average molecular weight is 228 g/mol. The normalized spacial score (nSPS) is 34.2. The Kier molecular flexibility index (Phi) is 3.01. The summed E-state index contributed by atoms with van der Waals surface area (Å²) in [6.07, 6.45) is -1.39. The molecule has 2 rings (SSSR count). The summed E-state index contributed by atoms with van der Waals surface area (Å²) in [7, 11) is 0.